The predicted octanol–water partition coefficient (Wildman–Crippen LogP) is 10.5. The van der Waals surface area contributed by atoms with Gasteiger partial charge in [-0.1, -0.05) is 72.8 Å². The average molecular weight is 685 g/mol. The third-order valence-corrected chi connectivity index (χ3v) is 14.9. The first-order valence-electron chi connectivity index (χ1n) is 14.6. The molecule has 6 rings (SSSR count). The molecule has 2 aliphatic carbocycles. The second-order valence-corrected chi connectivity index (χ2v) is 16.9. The van der Waals surface area contributed by atoms with Crippen LogP contribution in [0.25, 0.3) is 33.4 Å². The second-order valence-electron chi connectivity index (χ2n) is 12.2. The van der Waals surface area contributed by atoms with Crippen LogP contribution < -0.4 is 0 Å². The maximum absolute atomic E-state index is 7.93. The Morgan fingerprint density at radius 3 is 1.19 bits per heavy atom. The van der Waals surface area contributed by atoms with Gasteiger partial charge in [0.1, 0.15) is 0 Å². The summed E-state index contributed by atoms with van der Waals surface area (Å²) < 4.78 is -1.15. The van der Waals surface area contributed by atoms with E-state index in [-0.39, 0.29) is 26.2 Å². The third-order valence-electron chi connectivity index (χ3n) is 10.3. The van der Waals surface area contributed by atoms with Crippen molar-refractivity contribution < 1.29 is 26.2 Å². The largest absolute Gasteiger partial charge is 0.114 e. The summed E-state index contributed by atoms with van der Waals surface area (Å²) in [6.45, 7) is 17.8. The summed E-state index contributed by atoms with van der Waals surface area (Å²) in [6.07, 6.45) is 0. The van der Waals surface area contributed by atoms with Gasteiger partial charge in [-0.15, -0.1) is 23.2 Å². The molecule has 0 N–H and O–H groups in total. The molecule has 0 spiro atoms. The average Bonchev–Trinajstić information content (AvgIpc) is 3.27. The molecule has 0 heterocycles. The van der Waals surface area contributed by atoms with Crippen molar-refractivity contribution in [3.8, 4) is 22.3 Å². The molecule has 4 heteroatoms. The van der Waals surface area contributed by atoms with Gasteiger partial charge in [0.15, 0.2) is 0 Å². The number of rotatable bonds is 4. The van der Waals surface area contributed by atoms with Gasteiger partial charge in [-0.25, -0.2) is 0 Å². The minimum absolute atomic E-state index is 0. The first-order valence-corrected chi connectivity index (χ1v) is 16.7. The Morgan fingerprint density at radius 1 is 0.476 bits per heavy atom. The van der Waals surface area contributed by atoms with Gasteiger partial charge in [0, 0.05) is 26.2 Å². The van der Waals surface area contributed by atoms with Crippen LogP contribution in [0.15, 0.2) is 83.9 Å². The smallest absolute Gasteiger partial charge is 0.0923 e. The van der Waals surface area contributed by atoms with Crippen LogP contribution >= 0.6 is 23.2 Å². The molecular weight excluding hydrogens is 647 g/mol. The Kier molecular flexibility index (Phi) is 8.39. The van der Waals surface area contributed by atoms with Crippen LogP contribution in [0.1, 0.15) is 72.2 Å². The molecule has 2 unspecified atom stereocenters. The van der Waals surface area contributed by atoms with Crippen LogP contribution in [-0.2, 0) is 35.2 Å². The van der Waals surface area contributed by atoms with E-state index in [1.165, 1.54) is 89.1 Å². The number of aryl methyl sites for hydroxylation is 2. The van der Waals surface area contributed by atoms with Crippen molar-refractivity contribution in [2.75, 3.05) is 0 Å². The van der Waals surface area contributed by atoms with Crippen LogP contribution in [0.2, 0.25) is 0 Å². The second kappa shape index (κ2) is 11.2. The summed E-state index contributed by atoms with van der Waals surface area (Å²) in [5.41, 5.74) is 20.5. The van der Waals surface area contributed by atoms with Crippen LogP contribution in [-0.4, -0.2) is 9.52 Å². The van der Waals surface area contributed by atoms with Gasteiger partial charge in [0.05, 0.1) is 18.5 Å². The summed E-state index contributed by atoms with van der Waals surface area (Å²) in [5.74, 6) is 0. The SMILES string of the molecule is CC1=C(C)C(Cl)([SiH2]C2(Cl)C(C)=C(C)c3c(-c4cccc(C)c4C)cccc32)c2cccc(-c3cccc(C)c3C)c21.[Zr]. The van der Waals surface area contributed by atoms with E-state index < -0.39 is 18.5 Å². The van der Waals surface area contributed by atoms with Crippen molar-refractivity contribution in [3.05, 3.63) is 128 Å². The summed E-state index contributed by atoms with van der Waals surface area (Å²) >= 11 is 15.9. The quantitative estimate of drug-likeness (QED) is 0.148. The Labute approximate surface area is 283 Å². The van der Waals surface area contributed by atoms with E-state index in [0.717, 1.165) is 0 Å². The molecule has 0 nitrogen and oxygen atoms in total. The van der Waals surface area contributed by atoms with Gasteiger partial charge < -0.3 is 0 Å². The van der Waals surface area contributed by atoms with Crippen LogP contribution in [0.3, 0.4) is 0 Å². The molecule has 4 aromatic carbocycles. The number of alkyl halides is 2. The first kappa shape index (κ1) is 31.5. The van der Waals surface area contributed by atoms with E-state index in [0.29, 0.717) is 0 Å². The molecule has 42 heavy (non-hydrogen) atoms. The summed E-state index contributed by atoms with van der Waals surface area (Å²) in [6, 6.07) is 26.6. The van der Waals surface area contributed by atoms with Crippen LogP contribution in [0, 0.1) is 27.7 Å². The Balaban J connectivity index is 0.00000353. The Bertz CT molecular complexity index is 1700. The number of allylic oxidation sites excluding steroid dienone is 4. The fourth-order valence-electron chi connectivity index (χ4n) is 7.27. The van der Waals surface area contributed by atoms with Gasteiger partial charge in [-0.3, -0.25) is 0 Å². The molecule has 0 aromatic heterocycles. The number of hydrogen-bond donors (Lipinski definition) is 0. The van der Waals surface area contributed by atoms with Gasteiger partial charge in [0.25, 0.3) is 0 Å². The van der Waals surface area contributed by atoms with Crippen molar-refractivity contribution in [1.82, 2.24) is 0 Å². The Morgan fingerprint density at radius 2 is 0.810 bits per heavy atom. The summed E-state index contributed by atoms with van der Waals surface area (Å²) in [4.78, 5) is 0. The van der Waals surface area contributed by atoms with Crippen LogP contribution in [0.5, 0.6) is 0 Å². The Hall–Kier alpha value is -1.96. The van der Waals surface area contributed by atoms with Gasteiger partial charge in [-0.05, 0) is 144 Å². The van der Waals surface area contributed by atoms with Crippen molar-refractivity contribution >= 4 is 43.9 Å². The molecule has 0 bridgehead atoms. The minimum atomic E-state index is -1.22. The summed E-state index contributed by atoms with van der Waals surface area (Å²) in [7, 11) is -1.22. The zero-order valence-corrected chi connectivity index (χ0v) is 31.3. The van der Waals surface area contributed by atoms with Crippen molar-refractivity contribution in [2.24, 2.45) is 0 Å². The maximum Gasteiger partial charge on any atom is 0.0923 e. The minimum Gasteiger partial charge on any atom is -0.114 e. The van der Waals surface area contributed by atoms with Crippen molar-refractivity contribution in [3.63, 3.8) is 0 Å². The van der Waals surface area contributed by atoms with E-state index in [1.54, 1.807) is 0 Å². The van der Waals surface area contributed by atoms with E-state index in [4.69, 9.17) is 23.2 Å². The third kappa shape index (κ3) is 4.47. The zero-order valence-electron chi connectivity index (χ0n) is 25.9. The fraction of sp³-hybridized carbons (Fsp3) is 0.263. The topological polar surface area (TPSA) is 0 Å². The van der Waals surface area contributed by atoms with E-state index in [1.807, 2.05) is 0 Å². The molecule has 4 aromatic rings. The number of halogens is 2. The fourth-order valence-corrected chi connectivity index (χ4v) is 12.0. The zero-order chi connectivity index (χ0) is 29.4. The van der Waals surface area contributed by atoms with Gasteiger partial charge >= 0.3 is 0 Å². The number of hydrogen-bond acceptors (Lipinski definition) is 0. The molecule has 0 fully saturated rings. The molecule has 2 atom stereocenters. The van der Waals surface area contributed by atoms with Gasteiger partial charge in [0.2, 0.25) is 0 Å². The van der Waals surface area contributed by atoms with Crippen molar-refractivity contribution in [2.45, 2.75) is 64.4 Å². The number of fused-ring (bicyclic) bond motifs is 2. The first-order chi connectivity index (χ1) is 19.4. The van der Waals surface area contributed by atoms with Gasteiger partial charge in [-0.2, -0.15) is 0 Å². The summed E-state index contributed by atoms with van der Waals surface area (Å²) in [5, 5.41) is 0. The molecular formula is C38H38Cl2SiZr. The molecule has 0 saturated heterocycles. The normalized spacial score (nSPS) is 21.3. The molecule has 0 radical (unpaired) electrons. The van der Waals surface area contributed by atoms with E-state index in [2.05, 4.69) is 128 Å². The molecule has 0 saturated carbocycles. The molecule has 0 aliphatic heterocycles. The standard InChI is InChI=1S/C38H38Cl2Si.Zr/c1-21-13-9-15-29(23(21)3)31-17-11-19-33-35(31)25(5)27(7)37(33,39)41-38(40)28(8)26(6)36-32(18-12-20-34(36)38)30-16-10-14-22(2)24(30)4;/h9-20H,41H2,1-8H3;. The maximum atomic E-state index is 7.93. The molecule has 0 amide bonds. The molecule has 2 aliphatic rings. The van der Waals surface area contributed by atoms with Crippen molar-refractivity contribution in [1.29, 1.82) is 0 Å². The van der Waals surface area contributed by atoms with Crippen LogP contribution in [0.4, 0.5) is 0 Å². The van der Waals surface area contributed by atoms with E-state index >= 15 is 0 Å². The predicted molar refractivity (Wildman–Crippen MR) is 183 cm³/mol. The van der Waals surface area contributed by atoms with E-state index in [9.17, 15) is 0 Å². The molecule has 212 valence electrons. The number of benzene rings is 4. The monoisotopic (exact) mass is 682 g/mol.